The Bertz CT molecular complexity index is 585. The lowest BCUT2D eigenvalue weighted by Crippen LogP contribution is -2.61. The number of hydrogen-bond acceptors (Lipinski definition) is 7. The summed E-state index contributed by atoms with van der Waals surface area (Å²) >= 11 is 3.88. The zero-order valence-electron chi connectivity index (χ0n) is 17.5. The van der Waals surface area contributed by atoms with Gasteiger partial charge < -0.3 is 31.9 Å². The number of nitrogens with two attached hydrogens (primary N) is 1. The number of thiol groups is 1. The van der Waals surface area contributed by atoms with Crippen LogP contribution in [0.25, 0.3) is 0 Å². The van der Waals surface area contributed by atoms with Crippen molar-refractivity contribution in [2.45, 2.75) is 71.3 Å². The summed E-state index contributed by atoms with van der Waals surface area (Å²) in [5.74, 6) is -3.68. The van der Waals surface area contributed by atoms with Crippen molar-refractivity contribution >= 4 is 36.3 Å². The zero-order chi connectivity index (χ0) is 22.9. The van der Waals surface area contributed by atoms with Crippen molar-refractivity contribution in [2.24, 2.45) is 17.6 Å². The van der Waals surface area contributed by atoms with E-state index in [2.05, 4.69) is 28.6 Å². The molecule has 0 radical (unpaired) electrons. The van der Waals surface area contributed by atoms with Gasteiger partial charge in [-0.1, -0.05) is 27.7 Å². The molecule has 0 saturated carbocycles. The zero-order valence-corrected chi connectivity index (χ0v) is 18.4. The van der Waals surface area contributed by atoms with Crippen LogP contribution in [0.5, 0.6) is 0 Å². The molecule has 0 saturated heterocycles. The smallest absolute Gasteiger partial charge is 0.327 e. The topological polar surface area (TPSA) is 171 Å². The Balaban J connectivity index is 5.25. The predicted molar refractivity (Wildman–Crippen MR) is 111 cm³/mol. The normalized spacial score (nSPS) is 16.5. The number of aliphatic hydroxyl groups excluding tert-OH is 1. The molecule has 0 heterocycles. The van der Waals surface area contributed by atoms with Crippen molar-refractivity contribution in [3.63, 3.8) is 0 Å². The molecule has 0 aliphatic heterocycles. The Morgan fingerprint density at radius 1 is 0.897 bits per heavy atom. The van der Waals surface area contributed by atoms with Gasteiger partial charge in [0.1, 0.15) is 18.1 Å². The highest BCUT2D eigenvalue weighted by Gasteiger charge is 2.33. The fourth-order valence-corrected chi connectivity index (χ4v) is 2.75. The molecule has 0 bridgehead atoms. The first-order valence-corrected chi connectivity index (χ1v) is 10.1. The quantitative estimate of drug-likeness (QED) is 0.190. The fourth-order valence-electron chi connectivity index (χ4n) is 2.51. The third-order valence-corrected chi connectivity index (χ3v) is 4.53. The molecular formula is C18H34N4O6S. The maximum Gasteiger partial charge on any atom is 0.327 e. The van der Waals surface area contributed by atoms with Gasteiger partial charge in [0, 0.05) is 5.75 Å². The summed E-state index contributed by atoms with van der Waals surface area (Å²) in [6.07, 6.45) is -0.845. The Kier molecular flexibility index (Phi) is 11.8. The van der Waals surface area contributed by atoms with Gasteiger partial charge in [-0.3, -0.25) is 14.4 Å². The highest BCUT2D eigenvalue weighted by Crippen LogP contribution is 2.07. The summed E-state index contributed by atoms with van der Waals surface area (Å²) in [6, 6.07) is -4.47. The summed E-state index contributed by atoms with van der Waals surface area (Å²) < 4.78 is 0. The van der Waals surface area contributed by atoms with E-state index >= 15 is 0 Å². The van der Waals surface area contributed by atoms with Gasteiger partial charge >= 0.3 is 5.97 Å². The Morgan fingerprint density at radius 2 is 1.38 bits per heavy atom. The van der Waals surface area contributed by atoms with Crippen LogP contribution >= 0.6 is 12.6 Å². The lowest BCUT2D eigenvalue weighted by molar-refractivity contribution is -0.142. The van der Waals surface area contributed by atoms with Crippen molar-refractivity contribution in [2.75, 3.05) is 5.75 Å². The Hall–Kier alpha value is -1.85. The monoisotopic (exact) mass is 434 g/mol. The molecule has 10 nitrogen and oxygen atoms in total. The van der Waals surface area contributed by atoms with E-state index in [1.807, 2.05) is 13.8 Å². The van der Waals surface area contributed by atoms with Crippen LogP contribution in [-0.2, 0) is 19.2 Å². The van der Waals surface area contributed by atoms with E-state index in [9.17, 15) is 24.3 Å². The number of carbonyl (C=O) groups is 4. The van der Waals surface area contributed by atoms with Gasteiger partial charge in [0.15, 0.2) is 0 Å². The molecule has 168 valence electrons. The number of carboxylic acids is 1. The second-order valence-electron chi connectivity index (χ2n) is 7.78. The Morgan fingerprint density at radius 3 is 1.76 bits per heavy atom. The molecule has 0 fully saturated rings. The number of carboxylic acid groups (broad SMARTS) is 1. The van der Waals surface area contributed by atoms with Crippen LogP contribution in [0.15, 0.2) is 0 Å². The first kappa shape index (κ1) is 27.1. The summed E-state index contributed by atoms with van der Waals surface area (Å²) in [4.78, 5) is 48.4. The molecular weight excluding hydrogens is 400 g/mol. The van der Waals surface area contributed by atoms with Gasteiger partial charge in [-0.2, -0.15) is 12.6 Å². The van der Waals surface area contributed by atoms with Crippen LogP contribution in [0.4, 0.5) is 0 Å². The average molecular weight is 435 g/mol. The molecule has 5 unspecified atom stereocenters. The van der Waals surface area contributed by atoms with Gasteiger partial charge in [-0.15, -0.1) is 0 Å². The molecule has 3 amide bonds. The molecule has 0 aromatic rings. The first-order chi connectivity index (χ1) is 13.3. The lowest BCUT2D eigenvalue weighted by atomic mass is 10.0. The van der Waals surface area contributed by atoms with Crippen LogP contribution in [-0.4, -0.2) is 69.9 Å². The summed E-state index contributed by atoms with van der Waals surface area (Å²) in [5.41, 5.74) is 5.81. The molecule has 0 rings (SSSR count). The van der Waals surface area contributed by atoms with Gasteiger partial charge in [-0.05, 0) is 25.2 Å². The van der Waals surface area contributed by atoms with Crippen molar-refractivity contribution in [1.82, 2.24) is 16.0 Å². The second-order valence-corrected chi connectivity index (χ2v) is 8.14. The molecule has 0 aliphatic rings. The highest BCUT2D eigenvalue weighted by molar-refractivity contribution is 7.80. The number of carbonyl (C=O) groups excluding carboxylic acids is 3. The van der Waals surface area contributed by atoms with E-state index in [1.165, 1.54) is 6.92 Å². The van der Waals surface area contributed by atoms with E-state index in [0.29, 0.717) is 6.42 Å². The molecule has 5 atom stereocenters. The number of nitrogens with one attached hydrogen (secondary N) is 3. The van der Waals surface area contributed by atoms with Crippen LogP contribution in [0, 0.1) is 11.8 Å². The Labute approximate surface area is 176 Å². The number of amides is 3. The van der Waals surface area contributed by atoms with Crippen LogP contribution < -0.4 is 21.7 Å². The van der Waals surface area contributed by atoms with Crippen molar-refractivity contribution < 1.29 is 29.4 Å². The predicted octanol–water partition coefficient (Wildman–Crippen LogP) is -1.13. The van der Waals surface area contributed by atoms with E-state index in [-0.39, 0.29) is 17.6 Å². The molecule has 0 spiro atoms. The van der Waals surface area contributed by atoms with Crippen LogP contribution in [0.3, 0.4) is 0 Å². The van der Waals surface area contributed by atoms with Gasteiger partial charge in [0.05, 0.1) is 12.1 Å². The number of aliphatic carboxylic acids is 1. The largest absolute Gasteiger partial charge is 0.480 e. The van der Waals surface area contributed by atoms with E-state index in [0.717, 1.165) is 0 Å². The first-order valence-electron chi connectivity index (χ1n) is 9.50. The number of aliphatic hydroxyl groups is 1. The molecule has 0 aliphatic carbocycles. The average Bonchev–Trinajstić information content (AvgIpc) is 2.59. The molecule has 29 heavy (non-hydrogen) atoms. The summed E-state index contributed by atoms with van der Waals surface area (Å²) in [6.45, 7) is 8.44. The summed E-state index contributed by atoms with van der Waals surface area (Å²) in [7, 11) is 0. The van der Waals surface area contributed by atoms with E-state index in [4.69, 9.17) is 10.8 Å². The van der Waals surface area contributed by atoms with Crippen molar-refractivity contribution in [1.29, 1.82) is 0 Å². The molecule has 0 aromatic carbocycles. The highest BCUT2D eigenvalue weighted by atomic mass is 32.1. The fraction of sp³-hybridized carbons (Fsp3) is 0.778. The minimum Gasteiger partial charge on any atom is -0.480 e. The second kappa shape index (κ2) is 12.7. The minimum atomic E-state index is -1.32. The third kappa shape index (κ3) is 9.46. The van der Waals surface area contributed by atoms with Crippen LogP contribution in [0.2, 0.25) is 0 Å². The van der Waals surface area contributed by atoms with E-state index in [1.54, 1.807) is 13.8 Å². The number of hydrogen-bond donors (Lipinski definition) is 7. The maximum absolute atomic E-state index is 12.6. The summed E-state index contributed by atoms with van der Waals surface area (Å²) in [5, 5.41) is 26.2. The minimum absolute atomic E-state index is 0.125. The molecule has 7 N–H and O–H groups in total. The van der Waals surface area contributed by atoms with Gasteiger partial charge in [0.2, 0.25) is 17.7 Å². The molecule has 11 heteroatoms. The van der Waals surface area contributed by atoms with Gasteiger partial charge in [0.25, 0.3) is 0 Å². The number of rotatable bonds is 12. The SMILES string of the molecule is CC(C)CC(N)C(=O)NC(C(=O)NC(C(=O)NC(CS)C(=O)O)C(C)C)C(C)O. The maximum atomic E-state index is 12.6. The van der Waals surface area contributed by atoms with E-state index < -0.39 is 54.0 Å². The van der Waals surface area contributed by atoms with Crippen LogP contribution in [0.1, 0.15) is 41.0 Å². The molecule has 0 aromatic heterocycles. The van der Waals surface area contributed by atoms with Crippen molar-refractivity contribution in [3.05, 3.63) is 0 Å². The standard InChI is InChI=1S/C18H34N4O6S/c1-8(2)6-11(19)15(24)22-14(10(5)23)17(26)21-13(9(3)4)16(25)20-12(7-29)18(27)28/h8-14,23,29H,6-7,19H2,1-5H3,(H,20,25)(H,21,26)(H,22,24)(H,27,28). The third-order valence-electron chi connectivity index (χ3n) is 4.17. The van der Waals surface area contributed by atoms with Crippen molar-refractivity contribution in [3.8, 4) is 0 Å². The van der Waals surface area contributed by atoms with Gasteiger partial charge in [-0.25, -0.2) is 4.79 Å². The lowest BCUT2D eigenvalue weighted by Gasteiger charge is -2.28.